The number of hydrogen-bond acceptors (Lipinski definition) is 11. The van der Waals surface area contributed by atoms with Crippen molar-refractivity contribution in [3.8, 4) is 11.5 Å². The van der Waals surface area contributed by atoms with Gasteiger partial charge in [-0.05, 0) is 86.4 Å². The number of amides is 1. The van der Waals surface area contributed by atoms with Crippen molar-refractivity contribution >= 4 is 23.8 Å². The number of ketones is 1. The highest BCUT2D eigenvalue weighted by molar-refractivity contribution is 6.02. The van der Waals surface area contributed by atoms with Crippen molar-refractivity contribution in [2.45, 2.75) is 55.9 Å². The molecule has 9 N–H and O–H groups in total. The van der Waals surface area contributed by atoms with Crippen LogP contribution in [0.3, 0.4) is 0 Å². The standard InChI is InChI=1S/C31H41N3O9/c32-16-2-18-33-17-1-3-24(25(38)14-8-20-4-10-22(36)11-5-20)34(27(39)15-9-21-6-12-23(37)13-7-21)31-30(42)29(41)28(40)26(19-35)43-31/h4-15,24,26,28-31,33,35-37,40-42H,1-3,16-19,32H2/b14-8+,15-9+/t24?,26-,28-,29+,30-,31?/m1/s1. The van der Waals surface area contributed by atoms with Crippen molar-refractivity contribution in [3.05, 3.63) is 71.8 Å². The summed E-state index contributed by atoms with van der Waals surface area (Å²) in [4.78, 5) is 28.6. The van der Waals surface area contributed by atoms with E-state index in [1.165, 1.54) is 48.6 Å². The van der Waals surface area contributed by atoms with Gasteiger partial charge in [0.05, 0.1) is 12.6 Å². The summed E-state index contributed by atoms with van der Waals surface area (Å²) < 4.78 is 5.74. The summed E-state index contributed by atoms with van der Waals surface area (Å²) >= 11 is 0. The van der Waals surface area contributed by atoms with Crippen LogP contribution in [-0.4, -0.2) is 110 Å². The zero-order valence-electron chi connectivity index (χ0n) is 23.8. The molecule has 6 atom stereocenters. The Morgan fingerprint density at radius 1 is 0.860 bits per heavy atom. The van der Waals surface area contributed by atoms with Gasteiger partial charge in [-0.1, -0.05) is 30.3 Å². The minimum atomic E-state index is -1.80. The Morgan fingerprint density at radius 3 is 1.98 bits per heavy atom. The molecule has 1 amide bonds. The second-order valence-electron chi connectivity index (χ2n) is 10.3. The van der Waals surface area contributed by atoms with E-state index >= 15 is 0 Å². The molecule has 12 heteroatoms. The average Bonchev–Trinajstić information content (AvgIpc) is 3.01. The molecule has 43 heavy (non-hydrogen) atoms. The first-order valence-electron chi connectivity index (χ1n) is 14.2. The summed E-state index contributed by atoms with van der Waals surface area (Å²) in [6, 6.07) is 11.0. The number of benzene rings is 2. The van der Waals surface area contributed by atoms with Crippen LogP contribution in [0.2, 0.25) is 0 Å². The zero-order valence-corrected chi connectivity index (χ0v) is 23.8. The maximum absolute atomic E-state index is 13.8. The number of phenols is 2. The van der Waals surface area contributed by atoms with Gasteiger partial charge in [0.25, 0.3) is 0 Å². The molecule has 0 aromatic heterocycles. The molecule has 1 saturated heterocycles. The number of aliphatic hydroxyl groups is 4. The van der Waals surface area contributed by atoms with Gasteiger partial charge in [0.1, 0.15) is 35.9 Å². The lowest BCUT2D eigenvalue weighted by molar-refractivity contribution is -0.265. The number of nitrogens with two attached hydrogens (primary N) is 1. The first kappa shape index (κ1) is 33.9. The van der Waals surface area contributed by atoms with E-state index in [-0.39, 0.29) is 17.9 Å². The van der Waals surface area contributed by atoms with Gasteiger partial charge in [0, 0.05) is 6.08 Å². The van der Waals surface area contributed by atoms with Gasteiger partial charge < -0.3 is 51.3 Å². The van der Waals surface area contributed by atoms with Crippen LogP contribution in [0.4, 0.5) is 0 Å². The topological polar surface area (TPSA) is 206 Å². The predicted molar refractivity (Wildman–Crippen MR) is 159 cm³/mol. The molecule has 1 aliphatic heterocycles. The summed E-state index contributed by atoms with van der Waals surface area (Å²) in [6.07, 6.45) is -1.34. The minimum Gasteiger partial charge on any atom is -0.508 e. The monoisotopic (exact) mass is 599 g/mol. The van der Waals surface area contributed by atoms with E-state index in [0.29, 0.717) is 37.2 Å². The first-order valence-corrected chi connectivity index (χ1v) is 14.2. The maximum Gasteiger partial charge on any atom is 0.249 e. The highest BCUT2D eigenvalue weighted by Crippen LogP contribution is 2.28. The number of nitrogens with zero attached hydrogens (tertiary/aromatic N) is 1. The number of carbonyl (C=O) groups is 2. The van der Waals surface area contributed by atoms with Gasteiger partial charge in [0.15, 0.2) is 12.0 Å². The van der Waals surface area contributed by atoms with Gasteiger partial charge >= 0.3 is 0 Å². The summed E-state index contributed by atoms with van der Waals surface area (Å²) in [5.41, 5.74) is 6.73. The molecule has 1 heterocycles. The van der Waals surface area contributed by atoms with E-state index in [2.05, 4.69) is 5.32 Å². The SMILES string of the molecule is NCCCNCCCC(C(=O)/C=C/c1ccc(O)cc1)N(C(=O)/C=C/c1ccc(O)cc1)C1O[C@H](CO)[C@@H](O)[C@H](O)[C@H]1O. The molecular weight excluding hydrogens is 558 g/mol. The number of rotatable bonds is 15. The normalized spacial score (nSPS) is 23.0. The number of phenolic OH excluding ortho intramolecular Hbond substituents is 2. The summed E-state index contributed by atoms with van der Waals surface area (Å²) in [6.45, 7) is 0.978. The molecule has 0 spiro atoms. The maximum atomic E-state index is 13.8. The largest absolute Gasteiger partial charge is 0.508 e. The van der Waals surface area contributed by atoms with Crippen LogP contribution in [0.25, 0.3) is 12.2 Å². The van der Waals surface area contributed by atoms with Crippen LogP contribution in [0.15, 0.2) is 60.7 Å². The molecular formula is C31H41N3O9. The van der Waals surface area contributed by atoms with Crippen molar-refractivity contribution in [2.24, 2.45) is 5.73 Å². The fourth-order valence-corrected chi connectivity index (χ4v) is 4.67. The van der Waals surface area contributed by atoms with Crippen molar-refractivity contribution in [1.82, 2.24) is 10.2 Å². The molecule has 2 aromatic rings. The summed E-state index contributed by atoms with van der Waals surface area (Å²) in [7, 11) is 0. The lowest BCUT2D eigenvalue weighted by Crippen LogP contribution is -2.66. The van der Waals surface area contributed by atoms with Crippen LogP contribution in [-0.2, 0) is 14.3 Å². The van der Waals surface area contributed by atoms with Crippen molar-refractivity contribution in [1.29, 1.82) is 0 Å². The Balaban J connectivity index is 1.98. The minimum absolute atomic E-state index is 0.0394. The third-order valence-electron chi connectivity index (χ3n) is 7.09. The third-order valence-corrected chi connectivity index (χ3v) is 7.09. The molecule has 2 unspecified atom stereocenters. The Bertz CT molecular complexity index is 1220. The lowest BCUT2D eigenvalue weighted by Gasteiger charge is -2.46. The second kappa shape index (κ2) is 16.9. The van der Waals surface area contributed by atoms with Crippen LogP contribution < -0.4 is 11.1 Å². The van der Waals surface area contributed by atoms with Crippen LogP contribution in [0.5, 0.6) is 11.5 Å². The first-order chi connectivity index (χ1) is 20.7. The Kier molecular flexibility index (Phi) is 13.3. The number of ether oxygens (including phenoxy) is 1. The van der Waals surface area contributed by atoms with E-state index in [4.69, 9.17) is 10.5 Å². The van der Waals surface area contributed by atoms with Crippen molar-refractivity contribution < 1.29 is 45.0 Å². The Morgan fingerprint density at radius 2 is 1.42 bits per heavy atom. The predicted octanol–water partition coefficient (Wildman–Crippen LogP) is 0.109. The smallest absolute Gasteiger partial charge is 0.249 e. The number of hydrogen-bond donors (Lipinski definition) is 8. The lowest BCUT2D eigenvalue weighted by atomic mass is 9.95. The highest BCUT2D eigenvalue weighted by atomic mass is 16.6. The van der Waals surface area contributed by atoms with E-state index in [9.17, 15) is 40.2 Å². The second-order valence-corrected chi connectivity index (χ2v) is 10.3. The van der Waals surface area contributed by atoms with Gasteiger partial charge in [-0.15, -0.1) is 0 Å². The molecule has 0 bridgehead atoms. The number of aromatic hydroxyl groups is 2. The molecule has 3 rings (SSSR count). The molecule has 0 aliphatic carbocycles. The van der Waals surface area contributed by atoms with Crippen molar-refractivity contribution in [2.75, 3.05) is 26.2 Å². The van der Waals surface area contributed by atoms with Crippen molar-refractivity contribution in [3.63, 3.8) is 0 Å². The molecule has 1 fully saturated rings. The highest BCUT2D eigenvalue weighted by Gasteiger charge is 2.48. The summed E-state index contributed by atoms with van der Waals surface area (Å²) in [5.74, 6) is -1.14. The molecule has 0 saturated carbocycles. The number of nitrogens with one attached hydrogen (secondary N) is 1. The fourth-order valence-electron chi connectivity index (χ4n) is 4.67. The van der Waals surface area contributed by atoms with Gasteiger partial charge in [0.2, 0.25) is 5.91 Å². The molecule has 12 nitrogen and oxygen atoms in total. The molecule has 1 aliphatic rings. The third kappa shape index (κ3) is 9.70. The van der Waals surface area contributed by atoms with E-state index < -0.39 is 55.0 Å². The van der Waals surface area contributed by atoms with Gasteiger partial charge in [-0.3, -0.25) is 9.59 Å². The number of carbonyl (C=O) groups excluding carboxylic acids is 2. The van der Waals surface area contributed by atoms with Gasteiger partial charge in [-0.25, -0.2) is 0 Å². The zero-order chi connectivity index (χ0) is 31.4. The molecule has 234 valence electrons. The molecule has 2 aromatic carbocycles. The van der Waals surface area contributed by atoms with Crippen LogP contribution >= 0.6 is 0 Å². The van der Waals surface area contributed by atoms with Gasteiger partial charge in [-0.2, -0.15) is 0 Å². The fraction of sp³-hybridized carbons (Fsp3) is 0.419. The Labute approximate surface area is 250 Å². The number of aliphatic hydroxyl groups excluding tert-OH is 4. The Hall–Kier alpha value is -3.62. The van der Waals surface area contributed by atoms with Crippen LogP contribution in [0.1, 0.15) is 30.4 Å². The van der Waals surface area contributed by atoms with E-state index in [1.807, 2.05) is 0 Å². The quantitative estimate of drug-likeness (QED) is 0.102. The summed E-state index contributed by atoms with van der Waals surface area (Å²) in [5, 5.41) is 63.9. The van der Waals surface area contributed by atoms with Crippen LogP contribution in [0, 0.1) is 0 Å². The van der Waals surface area contributed by atoms with E-state index in [0.717, 1.165) is 11.3 Å². The molecule has 0 radical (unpaired) electrons. The average molecular weight is 600 g/mol. The van der Waals surface area contributed by atoms with E-state index in [1.54, 1.807) is 24.3 Å².